The highest BCUT2D eigenvalue weighted by atomic mass is 16.7. The van der Waals surface area contributed by atoms with E-state index in [1.165, 1.54) is 0 Å². The predicted octanol–water partition coefficient (Wildman–Crippen LogP) is 1.62. The predicted molar refractivity (Wildman–Crippen MR) is 75.6 cm³/mol. The van der Waals surface area contributed by atoms with Crippen LogP contribution in [-0.4, -0.2) is 28.4 Å². The van der Waals surface area contributed by atoms with Crippen LogP contribution in [0.25, 0.3) is 11.1 Å². The number of rotatable bonds is 2. The third kappa shape index (κ3) is 2.04. The first-order valence-corrected chi connectivity index (χ1v) is 6.68. The summed E-state index contributed by atoms with van der Waals surface area (Å²) in [6.07, 6.45) is 0. The van der Waals surface area contributed by atoms with Crippen molar-refractivity contribution in [2.45, 2.75) is 45.5 Å². The fourth-order valence-corrected chi connectivity index (χ4v) is 2.19. The Morgan fingerprint density at radius 3 is 2.40 bits per heavy atom. The van der Waals surface area contributed by atoms with Gasteiger partial charge in [0.25, 0.3) is 0 Å². The highest BCUT2D eigenvalue weighted by Gasteiger charge is 2.51. The molecule has 1 N–H and O–H groups in total. The molecule has 0 radical (unpaired) electrons. The van der Waals surface area contributed by atoms with Crippen LogP contribution in [0.4, 0.5) is 0 Å². The topological polar surface area (TPSA) is 64.7 Å². The molecule has 0 aliphatic carbocycles. The van der Waals surface area contributed by atoms with E-state index in [-0.39, 0.29) is 17.8 Å². The molecule has 0 amide bonds. The van der Waals surface area contributed by atoms with Crippen molar-refractivity contribution >= 4 is 23.7 Å². The molecule has 2 heterocycles. The summed E-state index contributed by atoms with van der Waals surface area (Å²) >= 11 is 0. The largest absolute Gasteiger partial charge is 0.494 e. The molecule has 3 rings (SSSR count). The molecule has 0 spiro atoms. The summed E-state index contributed by atoms with van der Waals surface area (Å²) in [6.45, 7) is 7.87. The smallest absolute Gasteiger partial charge is 0.438 e. The minimum Gasteiger partial charge on any atom is -0.438 e. The van der Waals surface area contributed by atoms with E-state index < -0.39 is 7.12 Å². The lowest BCUT2D eigenvalue weighted by atomic mass is 9.79. The van der Waals surface area contributed by atoms with E-state index in [0.29, 0.717) is 17.0 Å². The summed E-state index contributed by atoms with van der Waals surface area (Å²) in [5.41, 5.74) is 1.50. The minimum absolute atomic E-state index is 0.208. The summed E-state index contributed by atoms with van der Waals surface area (Å²) in [5, 5.41) is 9.05. The first-order valence-electron chi connectivity index (χ1n) is 6.68. The normalized spacial score (nSPS) is 20.8. The van der Waals surface area contributed by atoms with Crippen LogP contribution in [0.1, 0.15) is 33.6 Å². The van der Waals surface area contributed by atoms with Crippen LogP contribution in [0.5, 0.6) is 0 Å². The van der Waals surface area contributed by atoms with E-state index in [2.05, 4.69) is 4.98 Å². The van der Waals surface area contributed by atoms with Crippen LogP contribution in [0.3, 0.4) is 0 Å². The van der Waals surface area contributed by atoms with Crippen LogP contribution in [-0.2, 0) is 15.9 Å². The zero-order valence-electron chi connectivity index (χ0n) is 12.1. The zero-order valence-corrected chi connectivity index (χ0v) is 12.1. The molecule has 1 aromatic heterocycles. The highest BCUT2D eigenvalue weighted by molar-refractivity contribution is 6.62. The fraction of sp³-hybridized carbons (Fsp3) is 0.500. The number of hydrogen-bond donors (Lipinski definition) is 1. The van der Waals surface area contributed by atoms with Gasteiger partial charge in [-0.3, -0.25) is 0 Å². The maximum absolute atomic E-state index is 9.05. The number of nitrogens with zero attached hydrogens (tertiary/aromatic N) is 1. The van der Waals surface area contributed by atoms with Crippen molar-refractivity contribution in [2.24, 2.45) is 0 Å². The molecule has 0 saturated carbocycles. The molecule has 1 aliphatic heterocycles. The van der Waals surface area contributed by atoms with E-state index in [1.807, 2.05) is 45.9 Å². The first-order chi connectivity index (χ1) is 9.32. The summed E-state index contributed by atoms with van der Waals surface area (Å²) in [7, 11) is -0.418. The summed E-state index contributed by atoms with van der Waals surface area (Å²) in [6, 6.07) is 5.60. The molecule has 0 atom stereocenters. The molecule has 1 aliphatic rings. The van der Waals surface area contributed by atoms with Gasteiger partial charge in [0.2, 0.25) is 5.89 Å². The van der Waals surface area contributed by atoms with Gasteiger partial charge >= 0.3 is 7.12 Å². The van der Waals surface area contributed by atoms with Gasteiger partial charge in [0, 0.05) is 0 Å². The Labute approximate surface area is 118 Å². The van der Waals surface area contributed by atoms with E-state index in [1.54, 1.807) is 0 Å². The van der Waals surface area contributed by atoms with Crippen molar-refractivity contribution in [3.63, 3.8) is 0 Å². The monoisotopic (exact) mass is 275 g/mol. The number of aliphatic hydroxyl groups is 1. The number of benzene rings is 1. The SMILES string of the molecule is CC1(C)OB(c2ccc3oc(CO)nc3c2)OC1(C)C. The second-order valence-corrected chi connectivity index (χ2v) is 6.08. The van der Waals surface area contributed by atoms with Gasteiger partial charge in [-0.05, 0) is 45.3 Å². The van der Waals surface area contributed by atoms with Gasteiger partial charge in [-0.15, -0.1) is 0 Å². The quantitative estimate of drug-likeness (QED) is 0.844. The number of aliphatic hydroxyl groups excluding tert-OH is 1. The maximum Gasteiger partial charge on any atom is 0.494 e. The molecular weight excluding hydrogens is 257 g/mol. The molecule has 1 aromatic carbocycles. The van der Waals surface area contributed by atoms with Crippen LogP contribution >= 0.6 is 0 Å². The summed E-state index contributed by atoms with van der Waals surface area (Å²) < 4.78 is 17.4. The van der Waals surface area contributed by atoms with Crippen LogP contribution in [0.15, 0.2) is 22.6 Å². The molecule has 106 valence electrons. The Morgan fingerprint density at radius 1 is 1.15 bits per heavy atom. The summed E-state index contributed by atoms with van der Waals surface area (Å²) in [4.78, 5) is 4.21. The molecular formula is C14H18BNO4. The van der Waals surface area contributed by atoms with Crippen molar-refractivity contribution in [1.29, 1.82) is 0 Å². The first kappa shape index (κ1) is 13.6. The third-order valence-corrected chi connectivity index (χ3v) is 4.12. The third-order valence-electron chi connectivity index (χ3n) is 4.12. The van der Waals surface area contributed by atoms with Gasteiger partial charge in [-0.2, -0.15) is 0 Å². The van der Waals surface area contributed by atoms with Crippen molar-refractivity contribution < 1.29 is 18.8 Å². The Kier molecular flexibility index (Phi) is 2.94. The number of fused-ring (bicyclic) bond motifs is 1. The number of aromatic nitrogens is 1. The standard InChI is InChI=1S/C14H18BNO4/c1-13(2)14(3,4)20-15(19-13)9-5-6-11-10(7-9)16-12(8-17)18-11/h5-7,17H,8H2,1-4H3. The average molecular weight is 275 g/mol. The van der Waals surface area contributed by atoms with E-state index in [4.69, 9.17) is 18.8 Å². The molecule has 20 heavy (non-hydrogen) atoms. The van der Waals surface area contributed by atoms with Crippen LogP contribution in [0.2, 0.25) is 0 Å². The molecule has 5 nitrogen and oxygen atoms in total. The summed E-state index contributed by atoms with van der Waals surface area (Å²) in [5.74, 6) is 0.311. The highest BCUT2D eigenvalue weighted by Crippen LogP contribution is 2.36. The van der Waals surface area contributed by atoms with Gasteiger partial charge in [-0.1, -0.05) is 6.07 Å². The lowest BCUT2D eigenvalue weighted by molar-refractivity contribution is 0.00578. The second kappa shape index (κ2) is 4.31. The fourth-order valence-electron chi connectivity index (χ4n) is 2.19. The molecule has 0 bridgehead atoms. The average Bonchev–Trinajstić information content (AvgIpc) is 2.87. The molecule has 2 aromatic rings. The van der Waals surface area contributed by atoms with Gasteiger partial charge in [0.05, 0.1) is 11.2 Å². The Balaban J connectivity index is 1.95. The van der Waals surface area contributed by atoms with E-state index in [0.717, 1.165) is 5.46 Å². The Hall–Kier alpha value is -1.37. The van der Waals surface area contributed by atoms with Gasteiger partial charge < -0.3 is 18.8 Å². The van der Waals surface area contributed by atoms with E-state index >= 15 is 0 Å². The van der Waals surface area contributed by atoms with Crippen molar-refractivity contribution in [3.8, 4) is 0 Å². The van der Waals surface area contributed by atoms with Crippen molar-refractivity contribution in [1.82, 2.24) is 4.98 Å². The Morgan fingerprint density at radius 2 is 1.80 bits per heavy atom. The zero-order chi connectivity index (χ0) is 14.5. The lowest BCUT2D eigenvalue weighted by Crippen LogP contribution is -2.41. The van der Waals surface area contributed by atoms with Crippen LogP contribution in [0, 0.1) is 0 Å². The van der Waals surface area contributed by atoms with Gasteiger partial charge in [0.1, 0.15) is 12.1 Å². The Bertz CT molecular complexity index is 634. The number of hydrogen-bond acceptors (Lipinski definition) is 5. The van der Waals surface area contributed by atoms with Crippen LogP contribution < -0.4 is 5.46 Å². The number of oxazole rings is 1. The molecule has 1 fully saturated rings. The second-order valence-electron chi connectivity index (χ2n) is 6.08. The van der Waals surface area contributed by atoms with E-state index in [9.17, 15) is 0 Å². The van der Waals surface area contributed by atoms with Crippen molar-refractivity contribution in [3.05, 3.63) is 24.1 Å². The van der Waals surface area contributed by atoms with Crippen molar-refractivity contribution in [2.75, 3.05) is 0 Å². The maximum atomic E-state index is 9.05. The minimum atomic E-state index is -0.418. The van der Waals surface area contributed by atoms with Gasteiger partial charge in [0.15, 0.2) is 5.58 Å². The lowest BCUT2D eigenvalue weighted by Gasteiger charge is -2.32. The molecule has 0 unspecified atom stereocenters. The molecule has 6 heteroatoms. The van der Waals surface area contributed by atoms with Gasteiger partial charge in [-0.25, -0.2) is 4.98 Å². The molecule has 1 saturated heterocycles.